The lowest BCUT2D eigenvalue weighted by atomic mass is 9.90. The molecule has 1 unspecified atom stereocenters. The number of nitrogens with zero attached hydrogens (tertiary/aromatic N) is 4. The van der Waals surface area contributed by atoms with Gasteiger partial charge in [-0.05, 0) is 37.1 Å². The van der Waals surface area contributed by atoms with Crippen LogP contribution in [0.2, 0.25) is 0 Å². The summed E-state index contributed by atoms with van der Waals surface area (Å²) in [4.78, 5) is 22.3. The fourth-order valence-corrected chi connectivity index (χ4v) is 5.93. The molecule has 37 heavy (non-hydrogen) atoms. The van der Waals surface area contributed by atoms with Gasteiger partial charge in [-0.2, -0.15) is 0 Å². The van der Waals surface area contributed by atoms with Gasteiger partial charge in [0.25, 0.3) is 0 Å². The maximum Gasteiger partial charge on any atom is 0.325 e. The predicted molar refractivity (Wildman–Crippen MR) is 147 cm³/mol. The minimum Gasteiger partial charge on any atom is -0.361 e. The Kier molecular flexibility index (Phi) is 5.85. The molecule has 1 aliphatic heterocycles. The summed E-state index contributed by atoms with van der Waals surface area (Å²) in [7, 11) is 1.84. The average Bonchev–Trinajstić information content (AvgIpc) is 3.54. The lowest BCUT2D eigenvalue weighted by molar-refractivity contribution is 0.184. The van der Waals surface area contributed by atoms with Gasteiger partial charge < -0.3 is 9.42 Å². The molecule has 7 heteroatoms. The molecular formula is C30H26N4O2S. The Balaban J connectivity index is 1.45. The first kappa shape index (κ1) is 23.2. The molecule has 2 aromatic heterocycles. The van der Waals surface area contributed by atoms with E-state index >= 15 is 0 Å². The van der Waals surface area contributed by atoms with Crippen LogP contribution in [0.5, 0.6) is 0 Å². The zero-order valence-electron chi connectivity index (χ0n) is 20.9. The number of hydrogen-bond acceptors (Lipinski definition) is 5. The third kappa shape index (κ3) is 4.11. The summed E-state index contributed by atoms with van der Waals surface area (Å²) >= 11 is 1.58. The van der Waals surface area contributed by atoms with Crippen molar-refractivity contribution in [1.29, 1.82) is 0 Å². The molecule has 184 valence electrons. The van der Waals surface area contributed by atoms with Crippen molar-refractivity contribution in [2.24, 2.45) is 0 Å². The van der Waals surface area contributed by atoms with Gasteiger partial charge in [-0.1, -0.05) is 71.9 Å². The third-order valence-corrected chi connectivity index (χ3v) is 7.73. The number of aryl methyl sites for hydroxylation is 2. The highest BCUT2D eigenvalue weighted by atomic mass is 32.1. The van der Waals surface area contributed by atoms with Crippen molar-refractivity contribution in [3.8, 4) is 22.4 Å². The van der Waals surface area contributed by atoms with Gasteiger partial charge in [-0.25, -0.2) is 9.78 Å². The molecule has 1 atom stereocenters. The van der Waals surface area contributed by atoms with Crippen molar-refractivity contribution < 1.29 is 9.32 Å². The molecule has 3 aromatic carbocycles. The lowest BCUT2D eigenvalue weighted by Gasteiger charge is -2.41. The number of thiazole rings is 1. The van der Waals surface area contributed by atoms with Crippen molar-refractivity contribution in [3.63, 3.8) is 0 Å². The SMILES string of the molecule is Cc1noc(C)c1-c1ccc2c(c1)C(c1ccccc1)N(Cc1nc(-c3ccccc3)cs1)C(=O)N2C. The molecule has 0 bridgehead atoms. The van der Waals surface area contributed by atoms with Crippen LogP contribution >= 0.6 is 11.3 Å². The van der Waals surface area contributed by atoms with E-state index in [1.54, 1.807) is 16.2 Å². The quantitative estimate of drug-likeness (QED) is 0.252. The van der Waals surface area contributed by atoms with Gasteiger partial charge in [0.2, 0.25) is 0 Å². The molecule has 1 aliphatic rings. The van der Waals surface area contributed by atoms with Crippen LogP contribution in [0.3, 0.4) is 0 Å². The minimum absolute atomic E-state index is 0.0529. The number of rotatable bonds is 5. The summed E-state index contributed by atoms with van der Waals surface area (Å²) in [6.45, 7) is 4.29. The van der Waals surface area contributed by atoms with Crippen LogP contribution in [0.1, 0.15) is 33.6 Å². The Morgan fingerprint density at radius 3 is 2.38 bits per heavy atom. The van der Waals surface area contributed by atoms with E-state index < -0.39 is 0 Å². The van der Waals surface area contributed by atoms with Crippen LogP contribution in [0.15, 0.2) is 88.8 Å². The first-order valence-electron chi connectivity index (χ1n) is 12.2. The van der Waals surface area contributed by atoms with Crippen LogP contribution in [-0.4, -0.2) is 28.1 Å². The monoisotopic (exact) mass is 506 g/mol. The first-order chi connectivity index (χ1) is 18.0. The number of benzene rings is 3. The molecule has 0 radical (unpaired) electrons. The number of hydrogen-bond donors (Lipinski definition) is 0. The van der Waals surface area contributed by atoms with Gasteiger partial charge in [-0.15, -0.1) is 11.3 Å². The maximum atomic E-state index is 13.8. The number of carbonyl (C=O) groups excluding carboxylic acids is 1. The summed E-state index contributed by atoms with van der Waals surface area (Å²) in [5.74, 6) is 0.780. The Hall–Kier alpha value is -4.23. The summed E-state index contributed by atoms with van der Waals surface area (Å²) in [5, 5.41) is 7.10. The molecule has 0 spiro atoms. The Morgan fingerprint density at radius 1 is 0.946 bits per heavy atom. The number of aromatic nitrogens is 2. The van der Waals surface area contributed by atoms with Crippen LogP contribution in [0, 0.1) is 13.8 Å². The van der Waals surface area contributed by atoms with Crippen LogP contribution in [-0.2, 0) is 6.54 Å². The Morgan fingerprint density at radius 2 is 1.68 bits per heavy atom. The van der Waals surface area contributed by atoms with Crippen LogP contribution in [0.25, 0.3) is 22.4 Å². The number of carbonyl (C=O) groups is 1. The molecule has 0 saturated carbocycles. The molecule has 6 rings (SSSR count). The standard InChI is InChI=1S/C30H26N4O2S/c1-19-28(20(2)36-32-19)23-14-15-26-24(16-23)29(22-12-8-5-9-13-22)34(30(35)33(26)3)17-27-31-25(18-37-27)21-10-6-4-7-11-21/h4-16,18,29H,17H2,1-3H3. The van der Waals surface area contributed by atoms with E-state index in [0.717, 1.165) is 55.7 Å². The van der Waals surface area contributed by atoms with Crippen molar-refractivity contribution in [2.45, 2.75) is 26.4 Å². The van der Waals surface area contributed by atoms with E-state index in [9.17, 15) is 4.79 Å². The average molecular weight is 507 g/mol. The van der Waals surface area contributed by atoms with Gasteiger partial charge >= 0.3 is 6.03 Å². The van der Waals surface area contributed by atoms with Crippen molar-refractivity contribution in [3.05, 3.63) is 112 Å². The number of anilines is 1. The molecule has 6 nitrogen and oxygen atoms in total. The molecule has 0 fully saturated rings. The Labute approximate surface area is 219 Å². The third-order valence-electron chi connectivity index (χ3n) is 6.89. The highest BCUT2D eigenvalue weighted by Gasteiger charge is 2.38. The predicted octanol–water partition coefficient (Wildman–Crippen LogP) is 7.24. The molecule has 2 amide bonds. The Bertz CT molecular complexity index is 1560. The fraction of sp³-hybridized carbons (Fsp3) is 0.167. The zero-order valence-corrected chi connectivity index (χ0v) is 21.7. The van der Waals surface area contributed by atoms with Gasteiger partial charge in [-0.3, -0.25) is 4.90 Å². The van der Waals surface area contributed by atoms with Gasteiger partial charge in [0.15, 0.2) is 0 Å². The highest BCUT2D eigenvalue weighted by Crippen LogP contribution is 2.43. The smallest absolute Gasteiger partial charge is 0.325 e. The number of fused-ring (bicyclic) bond motifs is 1. The maximum absolute atomic E-state index is 13.8. The number of urea groups is 1. The molecular weight excluding hydrogens is 480 g/mol. The van der Waals surface area contributed by atoms with Gasteiger partial charge in [0.05, 0.1) is 29.7 Å². The second-order valence-electron chi connectivity index (χ2n) is 9.25. The highest BCUT2D eigenvalue weighted by molar-refractivity contribution is 7.09. The van der Waals surface area contributed by atoms with Crippen molar-refractivity contribution >= 4 is 23.1 Å². The largest absolute Gasteiger partial charge is 0.361 e. The molecule has 5 aromatic rings. The molecule has 3 heterocycles. The lowest BCUT2D eigenvalue weighted by Crippen LogP contribution is -2.47. The summed E-state index contributed by atoms with van der Waals surface area (Å²) in [5.41, 5.74) is 7.88. The summed E-state index contributed by atoms with van der Waals surface area (Å²) in [6, 6.07) is 26.3. The summed E-state index contributed by atoms with van der Waals surface area (Å²) < 4.78 is 5.45. The van der Waals surface area contributed by atoms with Gasteiger partial charge in [0.1, 0.15) is 10.8 Å². The molecule has 0 N–H and O–H groups in total. The topological polar surface area (TPSA) is 62.5 Å². The summed E-state index contributed by atoms with van der Waals surface area (Å²) in [6.07, 6.45) is 0. The molecule has 0 aliphatic carbocycles. The zero-order chi connectivity index (χ0) is 25.5. The van der Waals surface area contributed by atoms with E-state index in [2.05, 4.69) is 40.9 Å². The van der Waals surface area contributed by atoms with E-state index in [4.69, 9.17) is 9.51 Å². The van der Waals surface area contributed by atoms with E-state index in [1.165, 1.54) is 0 Å². The fourth-order valence-electron chi connectivity index (χ4n) is 5.13. The molecule has 0 saturated heterocycles. The first-order valence-corrected chi connectivity index (χ1v) is 13.1. The number of amides is 2. The normalized spacial score (nSPS) is 15.2. The second kappa shape index (κ2) is 9.33. The van der Waals surface area contributed by atoms with E-state index in [1.807, 2.05) is 74.3 Å². The van der Waals surface area contributed by atoms with E-state index in [0.29, 0.717) is 6.54 Å². The van der Waals surface area contributed by atoms with Crippen LogP contribution in [0.4, 0.5) is 10.5 Å². The van der Waals surface area contributed by atoms with E-state index in [-0.39, 0.29) is 12.1 Å². The second-order valence-corrected chi connectivity index (χ2v) is 10.2. The van der Waals surface area contributed by atoms with Crippen LogP contribution < -0.4 is 4.90 Å². The minimum atomic E-state index is -0.260. The van der Waals surface area contributed by atoms with Gasteiger partial charge in [0, 0.05) is 29.1 Å². The van der Waals surface area contributed by atoms with Crippen molar-refractivity contribution in [1.82, 2.24) is 15.0 Å². The van der Waals surface area contributed by atoms with Crippen molar-refractivity contribution in [2.75, 3.05) is 11.9 Å².